The molecular formula is C16H17FN2O3. The van der Waals surface area contributed by atoms with Crippen molar-refractivity contribution < 1.29 is 19.0 Å². The third kappa shape index (κ3) is 4.46. The maximum Gasteiger partial charge on any atom is 0.319 e. The number of carbonyl (C=O) groups is 1. The number of hydrogen-bond donors (Lipinski definition) is 3. The molecule has 0 unspecified atom stereocenters. The van der Waals surface area contributed by atoms with Crippen LogP contribution < -0.4 is 15.4 Å². The lowest BCUT2D eigenvalue weighted by Gasteiger charge is -2.13. The Morgan fingerprint density at radius 3 is 2.41 bits per heavy atom. The van der Waals surface area contributed by atoms with E-state index in [0.717, 1.165) is 0 Å². The summed E-state index contributed by atoms with van der Waals surface area (Å²) in [5.41, 5.74) is 1.14. The molecular weight excluding hydrogens is 287 g/mol. The van der Waals surface area contributed by atoms with Crippen molar-refractivity contribution in [1.82, 2.24) is 5.32 Å². The first-order chi connectivity index (χ1) is 10.6. The molecule has 0 aliphatic heterocycles. The summed E-state index contributed by atoms with van der Waals surface area (Å²) in [7, 11) is 1.56. The molecule has 0 saturated heterocycles. The van der Waals surface area contributed by atoms with E-state index in [1.165, 1.54) is 24.3 Å². The topological polar surface area (TPSA) is 70.6 Å². The second kappa shape index (κ2) is 7.42. The summed E-state index contributed by atoms with van der Waals surface area (Å²) >= 11 is 0. The van der Waals surface area contributed by atoms with Crippen LogP contribution in [0.5, 0.6) is 5.75 Å². The van der Waals surface area contributed by atoms with Gasteiger partial charge in [0.15, 0.2) is 0 Å². The predicted molar refractivity (Wildman–Crippen MR) is 81.4 cm³/mol. The molecule has 2 amide bonds. The molecule has 0 aliphatic carbocycles. The van der Waals surface area contributed by atoms with Gasteiger partial charge in [-0.1, -0.05) is 12.1 Å². The smallest absolute Gasteiger partial charge is 0.319 e. The number of halogens is 1. The average Bonchev–Trinajstić information content (AvgIpc) is 2.54. The summed E-state index contributed by atoms with van der Waals surface area (Å²) in [6.07, 6.45) is -0.901. The number of aliphatic hydroxyl groups excluding tert-OH is 1. The number of anilines is 1. The average molecular weight is 304 g/mol. The van der Waals surface area contributed by atoms with Gasteiger partial charge in [0, 0.05) is 12.2 Å². The number of hydrogen-bond acceptors (Lipinski definition) is 3. The van der Waals surface area contributed by atoms with E-state index in [-0.39, 0.29) is 12.4 Å². The van der Waals surface area contributed by atoms with Crippen molar-refractivity contribution in [3.05, 3.63) is 59.9 Å². The number of urea groups is 1. The minimum atomic E-state index is -0.901. The molecule has 2 aromatic carbocycles. The van der Waals surface area contributed by atoms with Crippen LogP contribution >= 0.6 is 0 Å². The third-order valence-electron chi connectivity index (χ3n) is 3.06. The molecule has 2 aromatic rings. The molecule has 3 N–H and O–H groups in total. The Morgan fingerprint density at radius 2 is 1.82 bits per heavy atom. The summed E-state index contributed by atoms with van der Waals surface area (Å²) in [5, 5.41) is 15.1. The minimum absolute atomic E-state index is 0.0214. The van der Waals surface area contributed by atoms with Crippen LogP contribution in [0.25, 0.3) is 0 Å². The highest BCUT2D eigenvalue weighted by molar-refractivity contribution is 5.89. The Bertz CT molecular complexity index is 614. The van der Waals surface area contributed by atoms with Crippen LogP contribution in [-0.2, 0) is 0 Å². The van der Waals surface area contributed by atoms with Crippen LogP contribution in [-0.4, -0.2) is 24.8 Å². The van der Waals surface area contributed by atoms with E-state index in [1.807, 2.05) is 0 Å². The van der Waals surface area contributed by atoms with Gasteiger partial charge in [0.2, 0.25) is 0 Å². The van der Waals surface area contributed by atoms with Gasteiger partial charge in [-0.05, 0) is 42.0 Å². The van der Waals surface area contributed by atoms with Crippen molar-refractivity contribution >= 4 is 11.7 Å². The number of carbonyl (C=O) groups excluding carboxylic acids is 1. The fraction of sp³-hybridized carbons (Fsp3) is 0.188. The minimum Gasteiger partial charge on any atom is -0.497 e. The lowest BCUT2D eigenvalue weighted by Crippen LogP contribution is -2.32. The molecule has 0 aliphatic rings. The highest BCUT2D eigenvalue weighted by atomic mass is 19.1. The van der Waals surface area contributed by atoms with Gasteiger partial charge >= 0.3 is 6.03 Å². The van der Waals surface area contributed by atoms with Gasteiger partial charge in [-0.2, -0.15) is 0 Å². The monoisotopic (exact) mass is 304 g/mol. The van der Waals surface area contributed by atoms with Crippen molar-refractivity contribution in [2.75, 3.05) is 19.0 Å². The summed E-state index contributed by atoms with van der Waals surface area (Å²) in [6.45, 7) is 0.0214. The second-order valence-corrected chi connectivity index (χ2v) is 4.63. The molecule has 0 spiro atoms. The molecule has 0 heterocycles. The summed E-state index contributed by atoms with van der Waals surface area (Å²) in [4.78, 5) is 11.7. The Labute approximate surface area is 127 Å². The number of aliphatic hydroxyl groups is 1. The van der Waals surface area contributed by atoms with Gasteiger partial charge in [-0.3, -0.25) is 0 Å². The Balaban J connectivity index is 1.82. The van der Waals surface area contributed by atoms with Crippen molar-refractivity contribution in [1.29, 1.82) is 0 Å². The highest BCUT2D eigenvalue weighted by Crippen LogP contribution is 2.15. The van der Waals surface area contributed by atoms with Crippen LogP contribution in [0.1, 0.15) is 11.7 Å². The highest BCUT2D eigenvalue weighted by Gasteiger charge is 2.09. The first-order valence-electron chi connectivity index (χ1n) is 6.71. The van der Waals surface area contributed by atoms with E-state index in [9.17, 15) is 14.3 Å². The standard InChI is InChI=1S/C16H17FN2O3/c1-22-14-8-6-13(7-9-14)19-16(21)18-10-15(20)11-2-4-12(17)5-3-11/h2-9,15,20H,10H2,1H3,(H2,18,19,21)/t15-/m0/s1. The summed E-state index contributed by atoms with van der Waals surface area (Å²) < 4.78 is 17.8. The van der Waals surface area contributed by atoms with E-state index >= 15 is 0 Å². The van der Waals surface area contributed by atoms with Crippen LogP contribution in [0, 0.1) is 5.82 Å². The van der Waals surface area contributed by atoms with E-state index in [0.29, 0.717) is 17.0 Å². The number of amides is 2. The largest absolute Gasteiger partial charge is 0.497 e. The Morgan fingerprint density at radius 1 is 1.18 bits per heavy atom. The number of rotatable bonds is 5. The zero-order chi connectivity index (χ0) is 15.9. The third-order valence-corrected chi connectivity index (χ3v) is 3.06. The lowest BCUT2D eigenvalue weighted by molar-refractivity contribution is 0.175. The maximum atomic E-state index is 12.8. The van der Waals surface area contributed by atoms with Gasteiger partial charge in [-0.25, -0.2) is 9.18 Å². The van der Waals surface area contributed by atoms with Crippen molar-refractivity contribution in [3.8, 4) is 5.75 Å². The van der Waals surface area contributed by atoms with E-state index < -0.39 is 12.1 Å². The quantitative estimate of drug-likeness (QED) is 0.795. The molecule has 0 fully saturated rings. The molecule has 0 bridgehead atoms. The van der Waals surface area contributed by atoms with Gasteiger partial charge in [0.25, 0.3) is 0 Å². The number of nitrogens with one attached hydrogen (secondary N) is 2. The molecule has 0 aromatic heterocycles. The van der Waals surface area contributed by atoms with Gasteiger partial charge in [0.05, 0.1) is 13.2 Å². The molecule has 1 atom stereocenters. The molecule has 22 heavy (non-hydrogen) atoms. The van der Waals surface area contributed by atoms with Crippen LogP contribution in [0.15, 0.2) is 48.5 Å². The fourth-order valence-corrected chi connectivity index (χ4v) is 1.84. The van der Waals surface area contributed by atoms with Gasteiger partial charge in [-0.15, -0.1) is 0 Å². The molecule has 0 radical (unpaired) electrons. The van der Waals surface area contributed by atoms with Crippen molar-refractivity contribution in [2.24, 2.45) is 0 Å². The Kier molecular flexibility index (Phi) is 5.32. The SMILES string of the molecule is COc1ccc(NC(=O)NC[C@H](O)c2ccc(F)cc2)cc1. The molecule has 116 valence electrons. The van der Waals surface area contributed by atoms with E-state index in [1.54, 1.807) is 31.4 Å². The summed E-state index contributed by atoms with van der Waals surface area (Å²) in [5.74, 6) is 0.318. The van der Waals surface area contributed by atoms with Gasteiger partial charge in [0.1, 0.15) is 11.6 Å². The number of methoxy groups -OCH3 is 1. The molecule has 0 saturated carbocycles. The number of benzene rings is 2. The lowest BCUT2D eigenvalue weighted by atomic mass is 10.1. The van der Waals surface area contributed by atoms with Crippen molar-refractivity contribution in [2.45, 2.75) is 6.10 Å². The van der Waals surface area contributed by atoms with Crippen LogP contribution in [0.4, 0.5) is 14.9 Å². The first-order valence-corrected chi connectivity index (χ1v) is 6.71. The maximum absolute atomic E-state index is 12.8. The fourth-order valence-electron chi connectivity index (χ4n) is 1.84. The Hall–Kier alpha value is -2.60. The molecule has 5 nitrogen and oxygen atoms in total. The van der Waals surface area contributed by atoms with E-state index in [4.69, 9.17) is 4.74 Å². The predicted octanol–water partition coefficient (Wildman–Crippen LogP) is 2.69. The van der Waals surface area contributed by atoms with Crippen LogP contribution in [0.3, 0.4) is 0 Å². The number of ether oxygens (including phenoxy) is 1. The zero-order valence-electron chi connectivity index (χ0n) is 12.0. The molecule has 2 rings (SSSR count). The van der Waals surface area contributed by atoms with Gasteiger partial charge < -0.3 is 20.5 Å². The van der Waals surface area contributed by atoms with E-state index in [2.05, 4.69) is 10.6 Å². The van der Waals surface area contributed by atoms with Crippen molar-refractivity contribution in [3.63, 3.8) is 0 Å². The first kappa shape index (κ1) is 15.8. The zero-order valence-corrected chi connectivity index (χ0v) is 12.0. The van der Waals surface area contributed by atoms with Crippen LogP contribution in [0.2, 0.25) is 0 Å². The second-order valence-electron chi connectivity index (χ2n) is 4.63. The molecule has 6 heteroatoms. The normalized spacial score (nSPS) is 11.6. The summed E-state index contributed by atoms with van der Waals surface area (Å²) in [6, 6.07) is 11.9.